The molecule has 4 nitrogen and oxygen atoms in total. The van der Waals surface area contributed by atoms with Gasteiger partial charge in [-0.2, -0.15) is 0 Å². The molecule has 1 aliphatic heterocycles. The lowest BCUT2D eigenvalue weighted by Gasteiger charge is -2.03. The van der Waals surface area contributed by atoms with Crippen LogP contribution in [0.2, 0.25) is 0 Å². The van der Waals surface area contributed by atoms with Gasteiger partial charge in [0.05, 0.1) is 13.2 Å². The first-order valence-electron chi connectivity index (χ1n) is 6.37. The monoisotopic (exact) mass is 262 g/mol. The number of aliphatic hydroxyl groups excluding tert-OH is 1. The lowest BCUT2D eigenvalue weighted by Crippen LogP contribution is -2.04. The third kappa shape index (κ3) is 3.43. The van der Waals surface area contributed by atoms with Gasteiger partial charge in [0.15, 0.2) is 0 Å². The van der Waals surface area contributed by atoms with Crippen LogP contribution in [0.4, 0.5) is 0 Å². The van der Waals surface area contributed by atoms with Gasteiger partial charge in [0.1, 0.15) is 12.2 Å². The summed E-state index contributed by atoms with van der Waals surface area (Å²) in [6.07, 6.45) is 1.67. The smallest absolute Gasteiger partial charge is 0.333 e. The van der Waals surface area contributed by atoms with E-state index in [1.165, 1.54) is 0 Å². The largest absolute Gasteiger partial charge is 0.463 e. The third-order valence-corrected chi connectivity index (χ3v) is 2.98. The molecule has 0 aliphatic carbocycles. The van der Waals surface area contributed by atoms with Crippen molar-refractivity contribution in [3.8, 4) is 0 Å². The molecule has 0 spiro atoms. The van der Waals surface area contributed by atoms with Crippen molar-refractivity contribution < 1.29 is 19.4 Å². The molecule has 0 radical (unpaired) electrons. The minimum absolute atomic E-state index is 0.0266. The summed E-state index contributed by atoms with van der Waals surface area (Å²) in [5, 5.41) is 8.99. The van der Waals surface area contributed by atoms with Gasteiger partial charge in [0.2, 0.25) is 0 Å². The quantitative estimate of drug-likeness (QED) is 0.501. The van der Waals surface area contributed by atoms with E-state index in [0.29, 0.717) is 12.2 Å². The molecule has 0 aromatic heterocycles. The molecule has 0 unspecified atom stereocenters. The molecule has 1 aromatic rings. The second-order valence-electron chi connectivity index (χ2n) is 4.50. The maximum atomic E-state index is 11.5. The maximum Gasteiger partial charge on any atom is 0.333 e. The van der Waals surface area contributed by atoms with E-state index in [4.69, 9.17) is 14.6 Å². The van der Waals surface area contributed by atoms with Crippen LogP contribution in [0.3, 0.4) is 0 Å². The Hall–Kier alpha value is -1.65. The second kappa shape index (κ2) is 5.99. The molecule has 2 atom stereocenters. The number of carbonyl (C=O) groups excluding carboxylic acids is 1. The standard InChI is InChI=1S/C15H18O4/c1-3-18-15(17)10(2)7-11-5-4-6-12(8-11)14-13(9-16)19-14/h4-8,13-14,16H,3,9H2,1-2H3/b10-7+/t13-,14-/m1/s1. The molecule has 1 N–H and O–H groups in total. The minimum Gasteiger partial charge on any atom is -0.463 e. The fourth-order valence-corrected chi connectivity index (χ4v) is 1.95. The average Bonchev–Trinajstić information content (AvgIpc) is 3.19. The van der Waals surface area contributed by atoms with Gasteiger partial charge < -0.3 is 14.6 Å². The van der Waals surface area contributed by atoms with E-state index >= 15 is 0 Å². The van der Waals surface area contributed by atoms with Gasteiger partial charge in [-0.3, -0.25) is 0 Å². The Morgan fingerprint density at radius 3 is 2.95 bits per heavy atom. The van der Waals surface area contributed by atoms with Crippen molar-refractivity contribution in [3.63, 3.8) is 0 Å². The number of hydrogen-bond acceptors (Lipinski definition) is 4. The fraction of sp³-hybridized carbons (Fsp3) is 0.400. The van der Waals surface area contributed by atoms with E-state index in [9.17, 15) is 4.79 Å². The molecule has 0 bridgehead atoms. The molecule has 0 amide bonds. The van der Waals surface area contributed by atoms with Gasteiger partial charge in [-0.15, -0.1) is 0 Å². The summed E-state index contributed by atoms with van der Waals surface area (Å²) >= 11 is 0. The molecule has 1 aromatic carbocycles. The normalized spacial score (nSPS) is 22.2. The molecule has 1 heterocycles. The summed E-state index contributed by atoms with van der Waals surface area (Å²) < 4.78 is 10.3. The van der Waals surface area contributed by atoms with Crippen molar-refractivity contribution in [3.05, 3.63) is 41.0 Å². The van der Waals surface area contributed by atoms with Crippen LogP contribution in [0.25, 0.3) is 6.08 Å². The predicted molar refractivity (Wildman–Crippen MR) is 71.4 cm³/mol. The van der Waals surface area contributed by atoms with Crippen LogP contribution >= 0.6 is 0 Å². The number of carbonyl (C=O) groups is 1. The van der Waals surface area contributed by atoms with Crippen molar-refractivity contribution in [2.45, 2.75) is 26.1 Å². The molecule has 2 rings (SSSR count). The first kappa shape index (κ1) is 13.8. The van der Waals surface area contributed by atoms with Crippen molar-refractivity contribution in [1.82, 2.24) is 0 Å². The summed E-state index contributed by atoms with van der Waals surface area (Å²) in [6.45, 7) is 3.92. The Balaban J connectivity index is 2.11. The minimum atomic E-state index is -0.302. The van der Waals surface area contributed by atoms with Crippen LogP contribution in [-0.4, -0.2) is 30.4 Å². The van der Waals surface area contributed by atoms with E-state index in [1.54, 1.807) is 19.9 Å². The number of epoxide rings is 1. The van der Waals surface area contributed by atoms with E-state index in [-0.39, 0.29) is 24.8 Å². The predicted octanol–water partition coefficient (Wildman–Crippen LogP) is 2.09. The highest BCUT2D eigenvalue weighted by Gasteiger charge is 2.39. The van der Waals surface area contributed by atoms with E-state index in [0.717, 1.165) is 11.1 Å². The van der Waals surface area contributed by atoms with E-state index < -0.39 is 0 Å². The van der Waals surface area contributed by atoms with Crippen molar-refractivity contribution in [1.29, 1.82) is 0 Å². The number of aliphatic hydroxyl groups is 1. The van der Waals surface area contributed by atoms with Crippen molar-refractivity contribution in [2.75, 3.05) is 13.2 Å². The van der Waals surface area contributed by atoms with E-state index in [1.807, 2.05) is 24.3 Å². The van der Waals surface area contributed by atoms with Crippen LogP contribution in [-0.2, 0) is 14.3 Å². The summed E-state index contributed by atoms with van der Waals surface area (Å²) in [5.41, 5.74) is 2.51. The molecule has 1 fully saturated rings. The first-order valence-corrected chi connectivity index (χ1v) is 6.37. The van der Waals surface area contributed by atoms with Crippen LogP contribution in [0, 0.1) is 0 Å². The molecular weight excluding hydrogens is 244 g/mol. The third-order valence-electron chi connectivity index (χ3n) is 2.98. The zero-order valence-electron chi connectivity index (χ0n) is 11.1. The number of benzene rings is 1. The Morgan fingerprint density at radius 2 is 2.32 bits per heavy atom. The second-order valence-corrected chi connectivity index (χ2v) is 4.50. The Kier molecular flexibility index (Phi) is 4.35. The maximum absolute atomic E-state index is 11.5. The fourth-order valence-electron chi connectivity index (χ4n) is 1.95. The van der Waals surface area contributed by atoms with Crippen molar-refractivity contribution in [2.24, 2.45) is 0 Å². The molecule has 1 saturated heterocycles. The number of esters is 1. The van der Waals surface area contributed by atoms with Gasteiger partial charge in [0, 0.05) is 5.57 Å². The lowest BCUT2D eigenvalue weighted by molar-refractivity contribution is -0.138. The molecule has 102 valence electrons. The molecule has 19 heavy (non-hydrogen) atoms. The van der Waals surface area contributed by atoms with E-state index in [2.05, 4.69) is 0 Å². The Morgan fingerprint density at radius 1 is 1.53 bits per heavy atom. The van der Waals surface area contributed by atoms with Crippen LogP contribution < -0.4 is 0 Å². The average molecular weight is 262 g/mol. The first-order chi connectivity index (χ1) is 9.15. The number of ether oxygens (including phenoxy) is 2. The van der Waals surface area contributed by atoms with Crippen LogP contribution in [0.15, 0.2) is 29.8 Å². The van der Waals surface area contributed by atoms with Gasteiger partial charge in [-0.1, -0.05) is 18.2 Å². The Labute approximate surface area is 112 Å². The number of hydrogen-bond donors (Lipinski definition) is 1. The van der Waals surface area contributed by atoms with Crippen LogP contribution in [0.5, 0.6) is 0 Å². The molecule has 4 heteroatoms. The topological polar surface area (TPSA) is 59.1 Å². The highest BCUT2D eigenvalue weighted by atomic mass is 16.6. The highest BCUT2D eigenvalue weighted by molar-refractivity contribution is 5.93. The highest BCUT2D eigenvalue weighted by Crippen LogP contribution is 2.38. The van der Waals surface area contributed by atoms with Gasteiger partial charge in [-0.25, -0.2) is 4.79 Å². The molecule has 1 aliphatic rings. The zero-order valence-corrected chi connectivity index (χ0v) is 11.1. The zero-order chi connectivity index (χ0) is 13.8. The van der Waals surface area contributed by atoms with Crippen LogP contribution in [0.1, 0.15) is 31.1 Å². The summed E-state index contributed by atoms with van der Waals surface area (Å²) in [6, 6.07) is 7.75. The summed E-state index contributed by atoms with van der Waals surface area (Å²) in [5.74, 6) is -0.302. The number of rotatable bonds is 5. The SMILES string of the molecule is CCOC(=O)/C(C)=C/c1cccc([C@H]2O[C@@H]2CO)c1. The molecular formula is C15H18O4. The Bertz CT molecular complexity index is 493. The van der Waals surface area contributed by atoms with Crippen molar-refractivity contribution >= 4 is 12.0 Å². The summed E-state index contributed by atoms with van der Waals surface area (Å²) in [4.78, 5) is 11.5. The van der Waals surface area contributed by atoms with Gasteiger partial charge in [0.25, 0.3) is 0 Å². The van der Waals surface area contributed by atoms with Gasteiger partial charge in [-0.05, 0) is 37.1 Å². The summed E-state index contributed by atoms with van der Waals surface area (Å²) in [7, 11) is 0. The lowest BCUT2D eigenvalue weighted by atomic mass is 10.0. The van der Waals surface area contributed by atoms with Gasteiger partial charge >= 0.3 is 5.97 Å². The molecule has 0 saturated carbocycles.